The summed E-state index contributed by atoms with van der Waals surface area (Å²) >= 11 is 1.29. The molecule has 0 fully saturated rings. The van der Waals surface area contributed by atoms with Crippen LogP contribution in [0.1, 0.15) is 12.1 Å². The molecule has 3 N–H and O–H groups in total. The number of carbonyl (C=O) groups is 1. The van der Waals surface area contributed by atoms with Crippen molar-refractivity contribution < 1.29 is 18.3 Å². The van der Waals surface area contributed by atoms with Gasteiger partial charge in [-0.05, 0) is 0 Å². The number of nitrogens with two attached hydrogens (primary N) is 1. The molecule has 0 saturated heterocycles. The highest BCUT2D eigenvalue weighted by Crippen LogP contribution is 2.17. The molecule has 19 heavy (non-hydrogen) atoms. The first kappa shape index (κ1) is 16.0. The molecule has 0 aromatic carbocycles. The van der Waals surface area contributed by atoms with Crippen LogP contribution in [0.25, 0.3) is 0 Å². The van der Waals surface area contributed by atoms with Gasteiger partial charge in [-0.1, -0.05) is 11.8 Å². The van der Waals surface area contributed by atoms with Crippen molar-refractivity contribution in [2.24, 2.45) is 12.8 Å². The molecule has 0 atom stereocenters. The van der Waals surface area contributed by atoms with E-state index in [1.807, 2.05) is 0 Å². The van der Waals surface area contributed by atoms with Gasteiger partial charge >= 0.3 is 0 Å². The van der Waals surface area contributed by atoms with E-state index in [1.54, 1.807) is 17.8 Å². The molecule has 0 aliphatic heterocycles. The number of aromatic nitrogens is 2. The van der Waals surface area contributed by atoms with E-state index in [4.69, 9.17) is 10.8 Å². The van der Waals surface area contributed by atoms with Crippen LogP contribution in [-0.2, 0) is 28.3 Å². The zero-order valence-electron chi connectivity index (χ0n) is 10.6. The smallest absolute Gasteiger partial charge is 0.218 e. The summed E-state index contributed by atoms with van der Waals surface area (Å²) in [7, 11) is -1.51. The Labute approximate surface area is 116 Å². The Morgan fingerprint density at radius 2 is 2.21 bits per heavy atom. The van der Waals surface area contributed by atoms with Crippen molar-refractivity contribution in [1.29, 1.82) is 0 Å². The summed E-state index contributed by atoms with van der Waals surface area (Å²) < 4.78 is 24.9. The lowest BCUT2D eigenvalue weighted by Crippen LogP contribution is -2.19. The van der Waals surface area contributed by atoms with E-state index in [2.05, 4.69) is 4.98 Å². The van der Waals surface area contributed by atoms with E-state index in [1.165, 1.54) is 11.8 Å². The zero-order valence-corrected chi connectivity index (χ0v) is 12.2. The first-order chi connectivity index (χ1) is 8.85. The van der Waals surface area contributed by atoms with Crippen molar-refractivity contribution in [3.8, 4) is 0 Å². The molecular formula is C10H17N3O4S2. The van der Waals surface area contributed by atoms with Gasteiger partial charge in [0.15, 0.2) is 15.0 Å². The van der Waals surface area contributed by atoms with Crippen molar-refractivity contribution in [2.45, 2.75) is 18.2 Å². The summed E-state index contributed by atoms with van der Waals surface area (Å²) in [5.41, 5.74) is 5.58. The summed E-state index contributed by atoms with van der Waals surface area (Å²) in [5.74, 6) is -0.526. The Morgan fingerprint density at radius 1 is 1.53 bits per heavy atom. The van der Waals surface area contributed by atoms with E-state index < -0.39 is 15.7 Å². The van der Waals surface area contributed by atoms with E-state index in [0.29, 0.717) is 16.6 Å². The van der Waals surface area contributed by atoms with Gasteiger partial charge in [-0.3, -0.25) is 4.79 Å². The molecule has 0 spiro atoms. The van der Waals surface area contributed by atoms with Crippen LogP contribution in [0, 0.1) is 0 Å². The van der Waals surface area contributed by atoms with Gasteiger partial charge in [-0.2, -0.15) is 0 Å². The summed E-state index contributed by atoms with van der Waals surface area (Å²) in [6, 6.07) is 0. The number of imidazole rings is 1. The molecule has 0 unspecified atom stereocenters. The second-order valence-electron chi connectivity index (χ2n) is 3.97. The number of hydrogen-bond acceptors (Lipinski definition) is 6. The second-order valence-corrected chi connectivity index (χ2v) is 7.33. The fourth-order valence-corrected chi connectivity index (χ4v) is 4.01. The maximum absolute atomic E-state index is 11.6. The molecule has 108 valence electrons. The second kappa shape index (κ2) is 6.92. The predicted octanol–water partition coefficient (Wildman–Crippen LogP) is -0.705. The monoisotopic (exact) mass is 307 g/mol. The average Bonchev–Trinajstić information content (AvgIpc) is 2.68. The highest BCUT2D eigenvalue weighted by Gasteiger charge is 2.13. The number of aliphatic hydroxyl groups is 1. The van der Waals surface area contributed by atoms with E-state index in [-0.39, 0.29) is 24.5 Å². The van der Waals surface area contributed by atoms with Crippen LogP contribution in [0.4, 0.5) is 0 Å². The van der Waals surface area contributed by atoms with Crippen molar-refractivity contribution in [3.63, 3.8) is 0 Å². The third-order valence-corrected chi connectivity index (χ3v) is 5.45. The molecule has 1 heterocycles. The van der Waals surface area contributed by atoms with Crippen LogP contribution < -0.4 is 5.73 Å². The maximum atomic E-state index is 11.6. The molecule has 9 heteroatoms. The highest BCUT2D eigenvalue weighted by molar-refractivity contribution is 8.00. The first-order valence-corrected chi connectivity index (χ1v) is 8.39. The number of primary amides is 1. The molecule has 0 aliphatic carbocycles. The summed E-state index contributed by atoms with van der Waals surface area (Å²) in [6.45, 7) is -0.110. The van der Waals surface area contributed by atoms with Gasteiger partial charge in [-0.15, -0.1) is 0 Å². The highest BCUT2D eigenvalue weighted by atomic mass is 32.2. The molecule has 0 saturated carbocycles. The number of hydrogen-bond donors (Lipinski definition) is 2. The molecule has 0 aliphatic rings. The Balaban J connectivity index is 2.45. The zero-order chi connectivity index (χ0) is 14.5. The Hall–Kier alpha value is -1.06. The van der Waals surface area contributed by atoms with Crippen LogP contribution in [0.3, 0.4) is 0 Å². The normalized spacial score (nSPS) is 11.7. The number of nitrogens with zero attached hydrogens (tertiary/aromatic N) is 2. The lowest BCUT2D eigenvalue weighted by Gasteiger charge is -2.04. The van der Waals surface area contributed by atoms with Crippen molar-refractivity contribution in [3.05, 3.63) is 11.9 Å². The fourth-order valence-electron chi connectivity index (χ4n) is 1.32. The Bertz CT molecular complexity index is 539. The number of thioether (sulfide) groups is 1. The van der Waals surface area contributed by atoms with Crippen LogP contribution >= 0.6 is 11.8 Å². The number of carbonyl (C=O) groups excluding carboxylic acids is 1. The lowest BCUT2D eigenvalue weighted by molar-refractivity contribution is -0.117. The van der Waals surface area contributed by atoms with Crippen LogP contribution in [0.15, 0.2) is 11.4 Å². The third kappa shape index (κ3) is 5.21. The molecule has 1 amide bonds. The minimum Gasteiger partial charge on any atom is -0.390 e. The van der Waals surface area contributed by atoms with Gasteiger partial charge in [0, 0.05) is 19.2 Å². The van der Waals surface area contributed by atoms with Crippen molar-refractivity contribution in [2.75, 3.05) is 17.3 Å². The van der Waals surface area contributed by atoms with Gasteiger partial charge < -0.3 is 15.4 Å². The molecular weight excluding hydrogens is 290 g/mol. The maximum Gasteiger partial charge on any atom is 0.218 e. The van der Waals surface area contributed by atoms with Crippen molar-refractivity contribution >= 4 is 27.5 Å². The molecule has 1 aromatic rings. The van der Waals surface area contributed by atoms with Crippen molar-refractivity contribution in [1.82, 2.24) is 9.55 Å². The van der Waals surface area contributed by atoms with Gasteiger partial charge in [0.25, 0.3) is 0 Å². The number of rotatable bonds is 8. The SMILES string of the molecule is Cn1c(CO)cnc1SCCS(=O)(=O)CCC(N)=O. The van der Waals surface area contributed by atoms with E-state index in [9.17, 15) is 13.2 Å². The summed E-state index contributed by atoms with van der Waals surface area (Å²) in [5, 5.41) is 9.65. The fraction of sp³-hybridized carbons (Fsp3) is 0.600. The minimum absolute atomic E-state index is 0.0355. The van der Waals surface area contributed by atoms with Crippen LogP contribution in [0.2, 0.25) is 0 Å². The topological polar surface area (TPSA) is 115 Å². The third-order valence-electron chi connectivity index (χ3n) is 2.49. The average molecular weight is 307 g/mol. The van der Waals surface area contributed by atoms with Gasteiger partial charge in [0.05, 0.1) is 30.0 Å². The van der Waals surface area contributed by atoms with Gasteiger partial charge in [0.2, 0.25) is 5.91 Å². The molecule has 1 rings (SSSR count). The number of sulfone groups is 1. The predicted molar refractivity (Wildman–Crippen MR) is 72.3 cm³/mol. The largest absolute Gasteiger partial charge is 0.390 e. The minimum atomic E-state index is -3.27. The van der Waals surface area contributed by atoms with E-state index in [0.717, 1.165) is 0 Å². The van der Waals surface area contributed by atoms with Gasteiger partial charge in [-0.25, -0.2) is 13.4 Å². The summed E-state index contributed by atoms with van der Waals surface area (Å²) in [6.07, 6.45) is 1.40. The number of aliphatic hydroxyl groups excluding tert-OH is 1. The molecule has 1 aromatic heterocycles. The molecule has 7 nitrogen and oxygen atoms in total. The molecule has 0 radical (unpaired) electrons. The quantitative estimate of drug-likeness (QED) is 0.613. The molecule has 0 bridgehead atoms. The first-order valence-electron chi connectivity index (χ1n) is 5.58. The van der Waals surface area contributed by atoms with Crippen LogP contribution in [-0.4, -0.2) is 46.2 Å². The Kier molecular flexibility index (Phi) is 5.83. The van der Waals surface area contributed by atoms with Crippen LogP contribution in [0.5, 0.6) is 0 Å². The lowest BCUT2D eigenvalue weighted by atomic mass is 10.5. The number of amides is 1. The van der Waals surface area contributed by atoms with E-state index >= 15 is 0 Å². The summed E-state index contributed by atoms with van der Waals surface area (Å²) in [4.78, 5) is 14.6. The Morgan fingerprint density at radius 3 is 2.74 bits per heavy atom. The standard InChI is InChI=1S/C10H17N3O4S2/c1-13-8(7-14)6-12-10(13)18-3-5-19(16,17)4-2-9(11)15/h6,14H,2-5,7H2,1H3,(H2,11,15). The van der Waals surface area contributed by atoms with Gasteiger partial charge in [0.1, 0.15) is 0 Å².